The van der Waals surface area contributed by atoms with Crippen molar-refractivity contribution in [3.63, 3.8) is 0 Å². The van der Waals surface area contributed by atoms with Gasteiger partial charge in [-0.1, -0.05) is 121 Å². The van der Waals surface area contributed by atoms with Crippen molar-refractivity contribution in [1.29, 1.82) is 0 Å². The molecule has 2 fully saturated rings. The first-order valence-electron chi connectivity index (χ1n) is 12.3. The van der Waals surface area contributed by atoms with Crippen molar-refractivity contribution in [1.82, 2.24) is 0 Å². The van der Waals surface area contributed by atoms with Crippen molar-refractivity contribution in [3.05, 3.63) is 184 Å². The Labute approximate surface area is 241 Å². The van der Waals surface area contributed by atoms with Gasteiger partial charge in [-0.2, -0.15) is 0 Å². The van der Waals surface area contributed by atoms with Gasteiger partial charge in [0.05, 0.1) is 5.66 Å². The molecule has 0 amide bonds. The van der Waals surface area contributed by atoms with E-state index in [2.05, 4.69) is 86.3 Å². The molecule has 4 heteroatoms. The van der Waals surface area contributed by atoms with E-state index in [4.69, 9.17) is 0 Å². The molecule has 0 bridgehead atoms. The second-order valence-corrected chi connectivity index (χ2v) is 13.6. The van der Waals surface area contributed by atoms with Crippen LogP contribution in [-0.2, 0) is 21.6 Å². The smallest absolute Gasteiger partial charge is 0.313 e. The molecule has 0 N–H and O–H groups in total. The van der Waals surface area contributed by atoms with Gasteiger partial charge in [0.2, 0.25) is 0 Å². The molecule has 0 aromatic heterocycles. The monoisotopic (exact) mass is 570 g/mol. The minimum atomic E-state index is -2.73. The predicted molar refractivity (Wildman–Crippen MR) is 160 cm³/mol. The van der Waals surface area contributed by atoms with Crippen LogP contribution in [0.15, 0.2) is 121 Å². The van der Waals surface area contributed by atoms with Gasteiger partial charge in [0.15, 0.2) is 7.14 Å². The van der Waals surface area contributed by atoms with Crippen molar-refractivity contribution in [2.75, 3.05) is 0 Å². The second-order valence-electron chi connectivity index (χ2n) is 8.57. The first-order valence-corrected chi connectivity index (χ1v) is 15.4. The Morgan fingerprint density at radius 1 is 0.447 bits per heavy atom. The van der Waals surface area contributed by atoms with Crippen molar-refractivity contribution in [2.24, 2.45) is 0 Å². The average molecular weight is 570 g/mol. The van der Waals surface area contributed by atoms with Gasteiger partial charge in [0, 0.05) is 16.3 Å². The third-order valence-corrected chi connectivity index (χ3v) is 11.7. The molecular formula is C34H28FeOP2+2. The molecule has 1 nitrogen and oxygen atoms in total. The molecule has 0 heterocycles. The van der Waals surface area contributed by atoms with E-state index in [1.807, 2.05) is 86.3 Å². The third kappa shape index (κ3) is 6.79. The van der Waals surface area contributed by atoms with Crippen LogP contribution in [0.2, 0.25) is 0 Å². The summed E-state index contributed by atoms with van der Waals surface area (Å²) in [5.41, 5.74) is 2.31. The molecule has 2 saturated carbocycles. The number of rotatable bonds is 6. The quantitative estimate of drug-likeness (QED) is 0.183. The fourth-order valence-electron chi connectivity index (χ4n) is 4.41. The first kappa shape index (κ1) is 29.1. The summed E-state index contributed by atoms with van der Waals surface area (Å²) in [6, 6.07) is 41.0. The van der Waals surface area contributed by atoms with E-state index in [0.29, 0.717) is 0 Å². The molecule has 0 atom stereocenters. The van der Waals surface area contributed by atoms with Gasteiger partial charge in [-0.3, -0.25) is 0 Å². The maximum Gasteiger partial charge on any atom is 2.00 e. The van der Waals surface area contributed by atoms with Crippen LogP contribution in [0.25, 0.3) is 0 Å². The third-order valence-electron chi connectivity index (χ3n) is 6.18. The Kier molecular flexibility index (Phi) is 11.0. The maximum atomic E-state index is 13.7. The van der Waals surface area contributed by atoms with Gasteiger partial charge < -0.3 is 4.57 Å². The SMILES string of the molecule is O=P([C]1[CH][CH][CH][CH]1)(c1ccccc1)c1ccccc1.[CH]1[CH][CH][C](P(c2ccccc2)c2ccccc2)[CH]1.[Fe+2]. The van der Waals surface area contributed by atoms with Gasteiger partial charge in [-0.25, -0.2) is 0 Å². The molecule has 4 aromatic rings. The zero-order valence-corrected chi connectivity index (χ0v) is 23.7. The summed E-state index contributed by atoms with van der Waals surface area (Å²) < 4.78 is 13.7. The van der Waals surface area contributed by atoms with Crippen LogP contribution in [0.1, 0.15) is 0 Å². The molecule has 10 radical (unpaired) electrons. The van der Waals surface area contributed by atoms with Crippen LogP contribution >= 0.6 is 15.1 Å². The maximum absolute atomic E-state index is 13.7. The standard InChI is InChI=1S/C17H14OP.C17H14P.Fe/c18-19(17-13-7-8-14-17,15-9-3-1-4-10-15)16-11-5-2-6-12-16;1-3-9-15(10-4-1)18(17-13-7-8-14-17)16-11-5-2-6-12-16;/h1-14H;1-14H;/q;;+2. The van der Waals surface area contributed by atoms with Crippen LogP contribution in [0.3, 0.4) is 0 Å². The molecule has 0 spiro atoms. The molecule has 0 saturated heterocycles. The van der Waals surface area contributed by atoms with Gasteiger partial charge >= 0.3 is 17.1 Å². The van der Waals surface area contributed by atoms with Crippen LogP contribution in [0, 0.1) is 62.7 Å². The Hall–Kier alpha value is -1.94. The van der Waals surface area contributed by atoms with Gasteiger partial charge in [0.25, 0.3) is 0 Å². The summed E-state index contributed by atoms with van der Waals surface area (Å²) >= 11 is 0. The van der Waals surface area contributed by atoms with E-state index < -0.39 is 15.1 Å². The molecule has 38 heavy (non-hydrogen) atoms. The summed E-state index contributed by atoms with van der Waals surface area (Å²) in [5, 5.41) is 4.58. The first-order chi connectivity index (χ1) is 18.3. The Morgan fingerprint density at radius 3 is 1.18 bits per heavy atom. The summed E-state index contributed by atoms with van der Waals surface area (Å²) in [7, 11) is -3.14. The minimum Gasteiger partial charge on any atom is -0.313 e. The van der Waals surface area contributed by atoms with E-state index >= 15 is 0 Å². The number of benzene rings is 4. The number of hydrogen-bond acceptors (Lipinski definition) is 1. The number of hydrogen-bond donors (Lipinski definition) is 0. The summed E-state index contributed by atoms with van der Waals surface area (Å²) in [6.45, 7) is 0. The molecule has 0 unspecified atom stereocenters. The van der Waals surface area contributed by atoms with Gasteiger partial charge in [0.1, 0.15) is 0 Å². The fraction of sp³-hybridized carbons (Fsp3) is 0. The zero-order valence-electron chi connectivity index (χ0n) is 20.8. The average Bonchev–Trinajstić information content (AvgIpc) is 3.71. The van der Waals surface area contributed by atoms with Crippen LogP contribution in [0.4, 0.5) is 0 Å². The molecule has 2 aliphatic carbocycles. The molecule has 6 rings (SSSR count). The largest absolute Gasteiger partial charge is 2.00 e. The Morgan fingerprint density at radius 2 is 0.789 bits per heavy atom. The molecule has 4 aromatic carbocycles. The topological polar surface area (TPSA) is 17.1 Å². The second kappa shape index (κ2) is 14.4. The van der Waals surface area contributed by atoms with Crippen molar-refractivity contribution in [2.45, 2.75) is 0 Å². The minimum absolute atomic E-state index is 0. The predicted octanol–water partition coefficient (Wildman–Crippen LogP) is 6.84. The van der Waals surface area contributed by atoms with Crippen molar-refractivity contribution >= 4 is 36.3 Å². The van der Waals surface area contributed by atoms with Crippen molar-refractivity contribution < 1.29 is 21.6 Å². The van der Waals surface area contributed by atoms with Crippen LogP contribution in [0.5, 0.6) is 0 Å². The van der Waals surface area contributed by atoms with Crippen LogP contribution in [-0.4, -0.2) is 0 Å². The van der Waals surface area contributed by atoms with E-state index in [1.165, 1.54) is 16.3 Å². The molecule has 186 valence electrons. The molecule has 2 aliphatic rings. The van der Waals surface area contributed by atoms with E-state index in [1.54, 1.807) is 0 Å². The van der Waals surface area contributed by atoms with Crippen LogP contribution < -0.4 is 21.2 Å². The summed E-state index contributed by atoms with van der Waals surface area (Å²) in [4.78, 5) is 0. The Balaban J connectivity index is 0.000000173. The van der Waals surface area contributed by atoms with E-state index in [0.717, 1.165) is 16.3 Å². The summed E-state index contributed by atoms with van der Waals surface area (Å²) in [6.07, 6.45) is 16.5. The normalized spacial score (nSPS) is 16.0. The zero-order chi connectivity index (χ0) is 25.3. The molecular weight excluding hydrogens is 542 g/mol. The van der Waals surface area contributed by atoms with Gasteiger partial charge in [-0.05, 0) is 69.9 Å². The van der Waals surface area contributed by atoms with Gasteiger partial charge in [-0.15, -0.1) is 0 Å². The van der Waals surface area contributed by atoms with Crippen molar-refractivity contribution in [3.8, 4) is 0 Å². The van der Waals surface area contributed by atoms with E-state index in [-0.39, 0.29) is 17.1 Å². The molecule has 0 aliphatic heterocycles. The Bertz CT molecular complexity index is 1170. The van der Waals surface area contributed by atoms with E-state index in [9.17, 15) is 4.57 Å². The fourth-order valence-corrected chi connectivity index (χ4v) is 9.39. The summed E-state index contributed by atoms with van der Waals surface area (Å²) in [5.74, 6) is 0.